The van der Waals surface area contributed by atoms with Crippen molar-refractivity contribution < 1.29 is 22.3 Å². The van der Waals surface area contributed by atoms with Crippen LogP contribution in [0.25, 0.3) is 0 Å². The minimum Gasteiger partial charge on any atom is -0.379 e. The van der Waals surface area contributed by atoms with Crippen LogP contribution < -0.4 is 5.32 Å². The van der Waals surface area contributed by atoms with Crippen molar-refractivity contribution in [2.75, 3.05) is 32.8 Å². The Hall–Kier alpha value is -1.51. The van der Waals surface area contributed by atoms with Crippen molar-refractivity contribution in [3.63, 3.8) is 0 Å². The van der Waals surface area contributed by atoms with E-state index in [0.29, 0.717) is 12.5 Å². The first kappa shape index (κ1) is 18.8. The molecule has 1 aromatic carbocycles. The highest BCUT2D eigenvalue weighted by atomic mass is 32.2. The van der Waals surface area contributed by atoms with Gasteiger partial charge in [0, 0.05) is 25.2 Å². The molecule has 0 saturated carbocycles. The summed E-state index contributed by atoms with van der Waals surface area (Å²) in [5.74, 6) is -0.829. The number of rotatable bonds is 6. The zero-order chi connectivity index (χ0) is 17.7. The third-order valence-electron chi connectivity index (χ3n) is 3.79. The summed E-state index contributed by atoms with van der Waals surface area (Å²) in [6, 6.07) is 3.41. The molecule has 0 spiro atoms. The molecular formula is C16H23FN2O4S. The van der Waals surface area contributed by atoms with Crippen LogP contribution in [0.5, 0.6) is 0 Å². The van der Waals surface area contributed by atoms with E-state index in [1.807, 2.05) is 13.8 Å². The van der Waals surface area contributed by atoms with Gasteiger partial charge in [-0.15, -0.1) is 0 Å². The van der Waals surface area contributed by atoms with Gasteiger partial charge in [-0.2, -0.15) is 4.31 Å². The Morgan fingerprint density at radius 1 is 1.33 bits per heavy atom. The van der Waals surface area contributed by atoms with Gasteiger partial charge in [-0.1, -0.05) is 13.8 Å². The molecule has 2 rings (SSSR count). The summed E-state index contributed by atoms with van der Waals surface area (Å²) >= 11 is 0. The SMILES string of the molecule is CC(C)CCNC(=O)c1ccc(F)c(S(=O)(=O)N2CCOCC2)c1. The third kappa shape index (κ3) is 4.52. The molecule has 1 aliphatic rings. The van der Waals surface area contributed by atoms with Crippen molar-refractivity contribution in [1.29, 1.82) is 0 Å². The van der Waals surface area contributed by atoms with Crippen LogP contribution in [0.3, 0.4) is 0 Å². The predicted molar refractivity (Wildman–Crippen MR) is 87.8 cm³/mol. The van der Waals surface area contributed by atoms with Crippen LogP contribution in [0.2, 0.25) is 0 Å². The predicted octanol–water partition coefficient (Wildman–Crippen LogP) is 1.62. The Morgan fingerprint density at radius 3 is 2.62 bits per heavy atom. The minimum absolute atomic E-state index is 0.131. The highest BCUT2D eigenvalue weighted by Gasteiger charge is 2.29. The maximum Gasteiger partial charge on any atom is 0.251 e. The number of carbonyl (C=O) groups is 1. The van der Waals surface area contributed by atoms with Gasteiger partial charge in [0.25, 0.3) is 5.91 Å². The van der Waals surface area contributed by atoms with Crippen LogP contribution in [-0.2, 0) is 14.8 Å². The minimum atomic E-state index is -3.98. The molecule has 1 N–H and O–H groups in total. The van der Waals surface area contributed by atoms with E-state index in [9.17, 15) is 17.6 Å². The van der Waals surface area contributed by atoms with Crippen molar-refractivity contribution >= 4 is 15.9 Å². The highest BCUT2D eigenvalue weighted by Crippen LogP contribution is 2.21. The number of benzene rings is 1. The number of halogens is 1. The van der Waals surface area contributed by atoms with E-state index in [4.69, 9.17) is 4.74 Å². The van der Waals surface area contributed by atoms with E-state index < -0.39 is 26.6 Å². The molecule has 0 aromatic heterocycles. The Balaban J connectivity index is 2.20. The number of carbonyl (C=O) groups excluding carboxylic acids is 1. The summed E-state index contributed by atoms with van der Waals surface area (Å²) in [4.78, 5) is 11.7. The van der Waals surface area contributed by atoms with Gasteiger partial charge in [-0.05, 0) is 30.5 Å². The van der Waals surface area contributed by atoms with E-state index in [-0.39, 0.29) is 31.9 Å². The molecule has 1 amide bonds. The molecule has 1 fully saturated rings. The van der Waals surface area contributed by atoms with Crippen LogP contribution in [0.4, 0.5) is 4.39 Å². The van der Waals surface area contributed by atoms with Crippen LogP contribution in [0.15, 0.2) is 23.1 Å². The van der Waals surface area contributed by atoms with Crippen molar-refractivity contribution in [3.05, 3.63) is 29.6 Å². The molecule has 0 unspecified atom stereocenters. The number of nitrogens with one attached hydrogen (secondary N) is 1. The van der Waals surface area contributed by atoms with Gasteiger partial charge in [0.15, 0.2) is 0 Å². The highest BCUT2D eigenvalue weighted by molar-refractivity contribution is 7.89. The molecular weight excluding hydrogens is 335 g/mol. The molecule has 24 heavy (non-hydrogen) atoms. The number of ether oxygens (including phenoxy) is 1. The second kappa shape index (κ2) is 8.04. The van der Waals surface area contributed by atoms with Gasteiger partial charge in [0.1, 0.15) is 10.7 Å². The second-order valence-corrected chi connectivity index (χ2v) is 8.01. The lowest BCUT2D eigenvalue weighted by atomic mass is 10.1. The average molecular weight is 358 g/mol. The summed E-state index contributed by atoms with van der Waals surface area (Å²) in [6.45, 7) is 5.46. The van der Waals surface area contributed by atoms with E-state index in [2.05, 4.69) is 5.32 Å². The summed E-state index contributed by atoms with van der Waals surface area (Å²) in [5, 5.41) is 2.72. The van der Waals surface area contributed by atoms with E-state index in [1.54, 1.807) is 0 Å². The van der Waals surface area contributed by atoms with Crippen molar-refractivity contribution in [2.45, 2.75) is 25.2 Å². The standard InChI is InChI=1S/C16H23FN2O4S/c1-12(2)5-6-18-16(20)13-3-4-14(17)15(11-13)24(21,22)19-7-9-23-10-8-19/h3-4,11-12H,5-10H2,1-2H3,(H,18,20). The Kier molecular flexibility index (Phi) is 6.31. The van der Waals surface area contributed by atoms with Crippen molar-refractivity contribution in [3.8, 4) is 0 Å². The summed E-state index contributed by atoms with van der Waals surface area (Å²) < 4.78 is 45.5. The smallest absolute Gasteiger partial charge is 0.251 e. The summed E-state index contributed by atoms with van der Waals surface area (Å²) in [5.41, 5.74) is 0.131. The lowest BCUT2D eigenvalue weighted by molar-refractivity contribution is 0.0729. The fourth-order valence-corrected chi connectivity index (χ4v) is 3.84. The third-order valence-corrected chi connectivity index (χ3v) is 5.70. The zero-order valence-electron chi connectivity index (χ0n) is 13.9. The molecule has 0 radical (unpaired) electrons. The van der Waals surface area contributed by atoms with E-state index >= 15 is 0 Å². The topological polar surface area (TPSA) is 75.7 Å². The molecule has 1 aromatic rings. The van der Waals surface area contributed by atoms with Crippen LogP contribution >= 0.6 is 0 Å². The normalized spacial score (nSPS) is 16.3. The number of hydrogen-bond acceptors (Lipinski definition) is 4. The first-order valence-corrected chi connectivity index (χ1v) is 9.42. The van der Waals surface area contributed by atoms with Crippen molar-refractivity contribution in [2.24, 2.45) is 5.92 Å². The van der Waals surface area contributed by atoms with Gasteiger partial charge < -0.3 is 10.1 Å². The molecule has 0 aliphatic carbocycles. The quantitative estimate of drug-likeness (QED) is 0.838. The zero-order valence-corrected chi connectivity index (χ0v) is 14.7. The van der Waals surface area contributed by atoms with Gasteiger partial charge in [-0.3, -0.25) is 4.79 Å². The van der Waals surface area contributed by atoms with Crippen LogP contribution in [0.1, 0.15) is 30.6 Å². The van der Waals surface area contributed by atoms with Crippen molar-refractivity contribution in [1.82, 2.24) is 9.62 Å². The number of amides is 1. The number of nitrogens with zero attached hydrogens (tertiary/aromatic N) is 1. The summed E-state index contributed by atoms with van der Waals surface area (Å²) in [7, 11) is -3.98. The van der Waals surface area contributed by atoms with Gasteiger partial charge in [0.05, 0.1) is 13.2 Å². The monoisotopic (exact) mass is 358 g/mol. The Labute approximate surface area is 142 Å². The van der Waals surface area contributed by atoms with Gasteiger partial charge >= 0.3 is 0 Å². The molecule has 134 valence electrons. The maximum atomic E-state index is 14.1. The molecule has 1 aliphatic heterocycles. The molecule has 8 heteroatoms. The Bertz CT molecular complexity index is 685. The summed E-state index contributed by atoms with van der Waals surface area (Å²) in [6.07, 6.45) is 0.811. The fourth-order valence-electron chi connectivity index (χ4n) is 2.34. The fraction of sp³-hybridized carbons (Fsp3) is 0.562. The number of morpholine rings is 1. The molecule has 0 bridgehead atoms. The first-order valence-electron chi connectivity index (χ1n) is 7.98. The van der Waals surface area contributed by atoms with Crippen LogP contribution in [0, 0.1) is 11.7 Å². The van der Waals surface area contributed by atoms with E-state index in [1.165, 1.54) is 10.4 Å². The molecule has 6 nitrogen and oxygen atoms in total. The molecule has 0 atom stereocenters. The molecule has 1 saturated heterocycles. The largest absolute Gasteiger partial charge is 0.379 e. The van der Waals surface area contributed by atoms with Gasteiger partial charge in [0.2, 0.25) is 10.0 Å². The van der Waals surface area contributed by atoms with Crippen LogP contribution in [-0.4, -0.2) is 51.5 Å². The Morgan fingerprint density at radius 2 is 2.00 bits per heavy atom. The maximum absolute atomic E-state index is 14.1. The number of sulfonamides is 1. The van der Waals surface area contributed by atoms with E-state index in [0.717, 1.165) is 18.6 Å². The lowest BCUT2D eigenvalue weighted by Crippen LogP contribution is -2.41. The second-order valence-electron chi connectivity index (χ2n) is 6.10. The average Bonchev–Trinajstić information content (AvgIpc) is 2.55. The molecule has 1 heterocycles. The lowest BCUT2D eigenvalue weighted by Gasteiger charge is -2.26. The number of hydrogen-bond donors (Lipinski definition) is 1. The van der Waals surface area contributed by atoms with Gasteiger partial charge in [-0.25, -0.2) is 12.8 Å². The first-order chi connectivity index (χ1) is 11.3.